The first-order valence-electron chi connectivity index (χ1n) is 7.82. The first-order valence-corrected chi connectivity index (χ1v) is 7.82. The summed E-state index contributed by atoms with van der Waals surface area (Å²) >= 11 is 0. The van der Waals surface area contributed by atoms with Crippen molar-refractivity contribution in [1.29, 1.82) is 0 Å². The van der Waals surface area contributed by atoms with Crippen LogP contribution in [0.15, 0.2) is 47.5 Å². The highest BCUT2D eigenvalue weighted by Gasteiger charge is 2.29. The Morgan fingerprint density at radius 1 is 1.00 bits per heavy atom. The smallest absolute Gasteiger partial charge is 0.392 e. The highest BCUT2D eigenvalue weighted by atomic mass is 19.4. The summed E-state index contributed by atoms with van der Waals surface area (Å²) in [5.74, 6) is -0.0270. The molecule has 0 amide bonds. The number of hydrogen-bond donors (Lipinski definition) is 3. The normalized spacial score (nSPS) is 12.2. The van der Waals surface area contributed by atoms with Gasteiger partial charge in [-0.1, -0.05) is 18.2 Å². The van der Waals surface area contributed by atoms with E-state index in [1.807, 2.05) is 0 Å². The summed E-state index contributed by atoms with van der Waals surface area (Å²) in [5, 5.41) is 15.1. The van der Waals surface area contributed by atoms with Gasteiger partial charge in [-0.3, -0.25) is 4.99 Å². The van der Waals surface area contributed by atoms with Crippen LogP contribution in [0.2, 0.25) is 0 Å². The lowest BCUT2D eigenvalue weighted by Crippen LogP contribution is -2.36. The van der Waals surface area contributed by atoms with Crippen molar-refractivity contribution in [3.8, 4) is 0 Å². The molecular weight excluding hydrogens is 350 g/mol. The van der Waals surface area contributed by atoms with E-state index >= 15 is 0 Å². The molecule has 0 atom stereocenters. The van der Waals surface area contributed by atoms with Gasteiger partial charge in [-0.2, -0.15) is 13.2 Å². The summed E-state index contributed by atoms with van der Waals surface area (Å²) in [5.41, 5.74) is 0.940. The lowest BCUT2D eigenvalue weighted by molar-refractivity contribution is -0.137. The third-order valence-electron chi connectivity index (χ3n) is 3.71. The molecule has 0 radical (unpaired) electrons. The third-order valence-corrected chi connectivity index (χ3v) is 3.71. The molecule has 0 heterocycles. The Hall–Kier alpha value is -2.61. The van der Waals surface area contributed by atoms with Gasteiger partial charge < -0.3 is 15.7 Å². The van der Waals surface area contributed by atoms with Gasteiger partial charge in [0.25, 0.3) is 0 Å². The van der Waals surface area contributed by atoms with Crippen LogP contribution < -0.4 is 10.6 Å². The van der Waals surface area contributed by atoms with E-state index in [0.29, 0.717) is 24.6 Å². The number of benzene rings is 2. The molecule has 2 rings (SSSR count). The minimum absolute atomic E-state index is 0.206. The summed E-state index contributed by atoms with van der Waals surface area (Å²) in [6, 6.07) is 9.27. The number of nitrogens with zero attached hydrogens (tertiary/aromatic N) is 1. The topological polar surface area (TPSA) is 56.7 Å². The maximum atomic E-state index is 13.4. The van der Waals surface area contributed by atoms with E-state index in [2.05, 4.69) is 15.6 Å². The Bertz CT molecular complexity index is 758. The van der Waals surface area contributed by atoms with Crippen LogP contribution in [0.4, 0.5) is 17.6 Å². The van der Waals surface area contributed by atoms with E-state index in [0.717, 1.165) is 17.7 Å². The number of rotatable bonds is 5. The lowest BCUT2D eigenvalue weighted by Gasteiger charge is -2.13. The molecule has 0 unspecified atom stereocenters. The Labute approximate surface area is 148 Å². The molecule has 0 spiro atoms. The number of guanidine groups is 1. The number of hydrogen-bond acceptors (Lipinski definition) is 2. The van der Waals surface area contributed by atoms with E-state index in [1.54, 1.807) is 19.2 Å². The molecule has 2 aromatic rings. The highest BCUT2D eigenvalue weighted by Crippen LogP contribution is 2.29. The molecule has 140 valence electrons. The van der Waals surface area contributed by atoms with Crippen LogP contribution in [0.3, 0.4) is 0 Å². The van der Waals surface area contributed by atoms with Gasteiger partial charge in [0, 0.05) is 25.7 Å². The van der Waals surface area contributed by atoms with Crippen LogP contribution in [0.25, 0.3) is 0 Å². The minimum atomic E-state index is -4.36. The Balaban J connectivity index is 1.90. The zero-order valence-electron chi connectivity index (χ0n) is 14.1. The summed E-state index contributed by atoms with van der Waals surface area (Å²) in [7, 11) is 1.56. The van der Waals surface area contributed by atoms with Gasteiger partial charge >= 0.3 is 6.18 Å². The Morgan fingerprint density at radius 2 is 1.58 bits per heavy atom. The van der Waals surface area contributed by atoms with Crippen LogP contribution in [0.5, 0.6) is 0 Å². The van der Waals surface area contributed by atoms with Crippen molar-refractivity contribution in [3.05, 3.63) is 70.5 Å². The molecule has 3 N–H and O–H groups in total. The van der Waals surface area contributed by atoms with Gasteiger partial charge in [0.1, 0.15) is 5.82 Å². The van der Waals surface area contributed by atoms with Crippen molar-refractivity contribution < 1.29 is 22.7 Å². The van der Waals surface area contributed by atoms with Gasteiger partial charge in [0.05, 0.1) is 12.2 Å². The van der Waals surface area contributed by atoms with Crippen LogP contribution in [-0.2, 0) is 25.9 Å². The summed E-state index contributed by atoms with van der Waals surface area (Å²) in [6.07, 6.45) is -4.36. The first kappa shape index (κ1) is 19.7. The van der Waals surface area contributed by atoms with Crippen molar-refractivity contribution in [2.24, 2.45) is 4.99 Å². The number of alkyl halides is 3. The maximum Gasteiger partial charge on any atom is 0.416 e. The summed E-state index contributed by atoms with van der Waals surface area (Å²) in [6.45, 7) is 0.254. The molecule has 4 nitrogen and oxygen atoms in total. The lowest BCUT2D eigenvalue weighted by atomic mass is 10.1. The Morgan fingerprint density at radius 3 is 2.12 bits per heavy atom. The molecular formula is C18H19F4N3O. The molecule has 0 aliphatic heterocycles. The van der Waals surface area contributed by atoms with E-state index in [4.69, 9.17) is 5.11 Å². The minimum Gasteiger partial charge on any atom is -0.392 e. The zero-order chi connectivity index (χ0) is 19.2. The fourth-order valence-corrected chi connectivity index (χ4v) is 2.26. The van der Waals surface area contributed by atoms with Crippen molar-refractivity contribution in [2.75, 3.05) is 7.05 Å². The molecule has 0 aliphatic carbocycles. The molecule has 0 aliphatic rings. The largest absolute Gasteiger partial charge is 0.416 e. The second-order valence-corrected chi connectivity index (χ2v) is 5.56. The number of halogens is 4. The SMILES string of the molecule is CN=C(NCc1ccc(C(F)(F)F)cc1)NCc1ccc(F)c(CO)c1. The van der Waals surface area contributed by atoms with Crippen LogP contribution in [0, 0.1) is 5.82 Å². The molecule has 0 saturated heterocycles. The summed E-state index contributed by atoms with van der Waals surface area (Å²) < 4.78 is 51.0. The predicted molar refractivity (Wildman–Crippen MR) is 90.8 cm³/mol. The molecule has 26 heavy (non-hydrogen) atoms. The standard InChI is InChI=1S/C18H19F4N3O/c1-23-17(25-10-13-4-7-16(19)14(8-13)11-26)24-9-12-2-5-15(6-3-12)18(20,21)22/h2-8,26H,9-11H2,1H3,(H2,23,24,25). The molecule has 8 heteroatoms. The van der Waals surface area contributed by atoms with Gasteiger partial charge in [-0.15, -0.1) is 0 Å². The fourth-order valence-electron chi connectivity index (χ4n) is 2.26. The van der Waals surface area contributed by atoms with Crippen molar-refractivity contribution in [2.45, 2.75) is 25.9 Å². The molecule has 0 bridgehead atoms. The molecule has 0 aromatic heterocycles. The van der Waals surface area contributed by atoms with Gasteiger partial charge in [0.15, 0.2) is 5.96 Å². The van der Waals surface area contributed by atoms with E-state index in [9.17, 15) is 17.6 Å². The molecule has 0 saturated carbocycles. The number of aliphatic hydroxyl groups is 1. The zero-order valence-corrected chi connectivity index (χ0v) is 14.1. The van der Waals surface area contributed by atoms with Gasteiger partial charge in [-0.05, 0) is 35.4 Å². The van der Waals surface area contributed by atoms with E-state index in [-0.39, 0.29) is 12.2 Å². The molecule has 2 aromatic carbocycles. The summed E-state index contributed by atoms with van der Waals surface area (Å²) in [4.78, 5) is 4.03. The molecule has 0 fully saturated rings. The third kappa shape index (κ3) is 5.45. The number of aliphatic imine (C=N–C) groups is 1. The number of aliphatic hydroxyl groups excluding tert-OH is 1. The average Bonchev–Trinajstić information content (AvgIpc) is 2.62. The Kier molecular flexibility index (Phi) is 6.57. The van der Waals surface area contributed by atoms with Crippen molar-refractivity contribution in [3.63, 3.8) is 0 Å². The quantitative estimate of drug-likeness (QED) is 0.431. The predicted octanol–water partition coefficient (Wildman–Crippen LogP) is 3.20. The second-order valence-electron chi connectivity index (χ2n) is 5.56. The van der Waals surface area contributed by atoms with E-state index < -0.39 is 17.6 Å². The van der Waals surface area contributed by atoms with Gasteiger partial charge in [0.2, 0.25) is 0 Å². The monoisotopic (exact) mass is 369 g/mol. The highest BCUT2D eigenvalue weighted by molar-refractivity contribution is 5.79. The van der Waals surface area contributed by atoms with Crippen molar-refractivity contribution >= 4 is 5.96 Å². The fraction of sp³-hybridized carbons (Fsp3) is 0.278. The maximum absolute atomic E-state index is 13.4. The number of nitrogens with one attached hydrogen (secondary N) is 2. The van der Waals surface area contributed by atoms with Crippen LogP contribution >= 0.6 is 0 Å². The van der Waals surface area contributed by atoms with Crippen LogP contribution in [0.1, 0.15) is 22.3 Å². The van der Waals surface area contributed by atoms with Gasteiger partial charge in [-0.25, -0.2) is 4.39 Å². The van der Waals surface area contributed by atoms with E-state index in [1.165, 1.54) is 18.2 Å². The second kappa shape index (κ2) is 8.66. The van der Waals surface area contributed by atoms with Crippen LogP contribution in [-0.4, -0.2) is 18.1 Å². The van der Waals surface area contributed by atoms with Crippen molar-refractivity contribution in [1.82, 2.24) is 10.6 Å². The first-order chi connectivity index (χ1) is 12.3. The average molecular weight is 369 g/mol.